The van der Waals surface area contributed by atoms with E-state index in [1.165, 1.54) is 11.1 Å². The molecule has 0 aliphatic carbocycles. The van der Waals surface area contributed by atoms with E-state index in [4.69, 9.17) is 4.42 Å². The van der Waals surface area contributed by atoms with Crippen molar-refractivity contribution < 1.29 is 14.5 Å². The Labute approximate surface area is 197 Å². The van der Waals surface area contributed by atoms with Crippen molar-refractivity contribution in [2.45, 2.75) is 0 Å². The first-order valence-electron chi connectivity index (χ1n) is 11.3. The second-order valence-corrected chi connectivity index (χ2v) is 8.41. The Morgan fingerprint density at radius 1 is 0.471 bits per heavy atom. The zero-order chi connectivity index (χ0) is 23.1. The lowest BCUT2D eigenvalue weighted by atomic mass is 9.79. The highest BCUT2D eigenvalue weighted by Crippen LogP contribution is 2.36. The largest absolute Gasteiger partial charge is 0.492 e. The minimum Gasteiger partial charge on any atom is -0.456 e. The summed E-state index contributed by atoms with van der Waals surface area (Å²) in [5, 5.41) is 21.3. The van der Waals surface area contributed by atoms with Gasteiger partial charge in [0.15, 0.2) is 0 Å². The van der Waals surface area contributed by atoms with E-state index < -0.39 is 7.12 Å². The summed E-state index contributed by atoms with van der Waals surface area (Å²) in [5.74, 6) is 0. The molecule has 0 amide bonds. The molecule has 6 rings (SSSR count). The van der Waals surface area contributed by atoms with Crippen LogP contribution in [0.1, 0.15) is 0 Å². The van der Waals surface area contributed by atoms with E-state index >= 15 is 0 Å². The summed E-state index contributed by atoms with van der Waals surface area (Å²) < 4.78 is 6.19. The van der Waals surface area contributed by atoms with Gasteiger partial charge >= 0.3 is 7.12 Å². The highest BCUT2D eigenvalue weighted by Gasteiger charge is 2.20. The lowest BCUT2D eigenvalue weighted by Gasteiger charge is -2.08. The summed E-state index contributed by atoms with van der Waals surface area (Å²) >= 11 is 0. The van der Waals surface area contributed by atoms with E-state index in [1.807, 2.05) is 36.4 Å². The van der Waals surface area contributed by atoms with Crippen LogP contribution in [0.15, 0.2) is 120 Å². The maximum atomic E-state index is 9.76. The van der Waals surface area contributed by atoms with Crippen LogP contribution < -0.4 is 5.46 Å². The Hall–Kier alpha value is -4.12. The zero-order valence-electron chi connectivity index (χ0n) is 18.3. The zero-order valence-corrected chi connectivity index (χ0v) is 18.3. The third-order valence-corrected chi connectivity index (χ3v) is 6.33. The molecule has 1 heterocycles. The van der Waals surface area contributed by atoms with Gasteiger partial charge < -0.3 is 14.5 Å². The SMILES string of the molecule is OB(O)c1cccc2c1oc1c(-c3ccc(-c4cccc(-c5ccccc5)c4)cc3)cccc12. The van der Waals surface area contributed by atoms with Gasteiger partial charge in [-0.15, -0.1) is 0 Å². The van der Waals surface area contributed by atoms with Crippen molar-refractivity contribution in [3.63, 3.8) is 0 Å². The highest BCUT2D eigenvalue weighted by molar-refractivity contribution is 6.61. The van der Waals surface area contributed by atoms with Crippen molar-refractivity contribution >= 4 is 34.5 Å². The molecule has 34 heavy (non-hydrogen) atoms. The first-order chi connectivity index (χ1) is 16.7. The van der Waals surface area contributed by atoms with Crippen LogP contribution in [0.4, 0.5) is 0 Å². The molecule has 5 aromatic carbocycles. The van der Waals surface area contributed by atoms with Crippen molar-refractivity contribution in [2.24, 2.45) is 0 Å². The molecule has 1 aromatic heterocycles. The molecule has 0 saturated heterocycles. The summed E-state index contributed by atoms with van der Waals surface area (Å²) in [6.45, 7) is 0. The molecule has 3 nitrogen and oxygen atoms in total. The molecule has 0 radical (unpaired) electrons. The second-order valence-electron chi connectivity index (χ2n) is 8.41. The van der Waals surface area contributed by atoms with Crippen LogP contribution in [0.3, 0.4) is 0 Å². The van der Waals surface area contributed by atoms with Crippen LogP contribution in [0, 0.1) is 0 Å². The van der Waals surface area contributed by atoms with Gasteiger partial charge in [-0.3, -0.25) is 0 Å². The third kappa shape index (κ3) is 3.50. The van der Waals surface area contributed by atoms with Crippen LogP contribution in [-0.4, -0.2) is 17.2 Å². The molecule has 0 spiro atoms. The fourth-order valence-electron chi connectivity index (χ4n) is 4.62. The fraction of sp³-hybridized carbons (Fsp3) is 0. The molecule has 0 saturated carbocycles. The molecule has 4 heteroatoms. The summed E-state index contributed by atoms with van der Waals surface area (Å²) in [6.07, 6.45) is 0. The van der Waals surface area contributed by atoms with Crippen molar-refractivity contribution in [3.8, 4) is 33.4 Å². The molecule has 162 valence electrons. The van der Waals surface area contributed by atoms with Crippen molar-refractivity contribution in [1.29, 1.82) is 0 Å². The Morgan fingerprint density at radius 3 is 1.74 bits per heavy atom. The molecular formula is C30H21BO3. The molecule has 0 aliphatic rings. The number of fused-ring (bicyclic) bond motifs is 3. The number of furan rings is 1. The quantitative estimate of drug-likeness (QED) is 0.318. The van der Waals surface area contributed by atoms with E-state index in [0.29, 0.717) is 11.0 Å². The van der Waals surface area contributed by atoms with E-state index in [0.717, 1.165) is 38.6 Å². The van der Waals surface area contributed by atoms with Crippen LogP contribution >= 0.6 is 0 Å². The number of hydrogen-bond donors (Lipinski definition) is 2. The van der Waals surface area contributed by atoms with Gasteiger partial charge in [-0.05, 0) is 33.9 Å². The number of rotatable bonds is 4. The lowest BCUT2D eigenvalue weighted by Crippen LogP contribution is -2.29. The average Bonchev–Trinajstić information content (AvgIpc) is 3.28. The second kappa shape index (κ2) is 8.34. The summed E-state index contributed by atoms with van der Waals surface area (Å²) in [4.78, 5) is 0. The molecule has 0 aliphatic heterocycles. The summed E-state index contributed by atoms with van der Waals surface area (Å²) in [5.41, 5.74) is 8.32. The Morgan fingerprint density at radius 2 is 1.03 bits per heavy atom. The van der Waals surface area contributed by atoms with Crippen LogP contribution in [0.25, 0.3) is 55.3 Å². The Bertz CT molecular complexity index is 1620. The minimum absolute atomic E-state index is 0.369. The van der Waals surface area contributed by atoms with Crippen LogP contribution in [-0.2, 0) is 0 Å². The lowest BCUT2D eigenvalue weighted by molar-refractivity contribution is 0.425. The summed E-state index contributed by atoms with van der Waals surface area (Å²) in [7, 11) is -1.58. The monoisotopic (exact) mass is 440 g/mol. The normalized spacial score (nSPS) is 11.2. The topological polar surface area (TPSA) is 53.6 Å². The molecule has 0 atom stereocenters. The fourth-order valence-corrected chi connectivity index (χ4v) is 4.62. The Balaban J connectivity index is 1.41. The first kappa shape index (κ1) is 20.5. The maximum absolute atomic E-state index is 9.76. The third-order valence-electron chi connectivity index (χ3n) is 6.33. The average molecular weight is 440 g/mol. The van der Waals surface area contributed by atoms with E-state index in [9.17, 15) is 10.0 Å². The van der Waals surface area contributed by atoms with Gasteiger partial charge in [-0.1, -0.05) is 109 Å². The standard InChI is InChI=1S/C30H21BO3/c32-31(33)28-14-6-13-27-26-12-5-11-25(29(26)34-30(27)28)22-17-15-21(16-18-22)24-10-4-9-23(19-24)20-7-2-1-3-8-20/h1-19,32-33H. The predicted octanol–water partition coefficient (Wildman–Crippen LogP) is 6.27. The molecule has 0 unspecified atom stereocenters. The molecule has 0 fully saturated rings. The van der Waals surface area contributed by atoms with Gasteiger partial charge in [-0.25, -0.2) is 0 Å². The number of para-hydroxylation sites is 2. The van der Waals surface area contributed by atoms with Gasteiger partial charge in [0, 0.05) is 21.8 Å². The maximum Gasteiger partial charge on any atom is 0.492 e. The number of benzene rings is 5. The van der Waals surface area contributed by atoms with Gasteiger partial charge in [0.25, 0.3) is 0 Å². The van der Waals surface area contributed by atoms with E-state index in [-0.39, 0.29) is 0 Å². The van der Waals surface area contributed by atoms with Gasteiger partial charge in [0.05, 0.1) is 0 Å². The summed E-state index contributed by atoms with van der Waals surface area (Å²) in [6, 6.07) is 38.9. The van der Waals surface area contributed by atoms with E-state index in [2.05, 4.69) is 72.8 Å². The van der Waals surface area contributed by atoms with Crippen LogP contribution in [0.5, 0.6) is 0 Å². The van der Waals surface area contributed by atoms with Gasteiger partial charge in [-0.2, -0.15) is 0 Å². The predicted molar refractivity (Wildman–Crippen MR) is 140 cm³/mol. The minimum atomic E-state index is -1.58. The molecular weight excluding hydrogens is 419 g/mol. The molecule has 0 bridgehead atoms. The highest BCUT2D eigenvalue weighted by atomic mass is 16.4. The van der Waals surface area contributed by atoms with Crippen molar-refractivity contribution in [2.75, 3.05) is 0 Å². The molecule has 2 N–H and O–H groups in total. The van der Waals surface area contributed by atoms with Gasteiger partial charge in [0.2, 0.25) is 0 Å². The number of hydrogen-bond acceptors (Lipinski definition) is 3. The van der Waals surface area contributed by atoms with E-state index in [1.54, 1.807) is 6.07 Å². The first-order valence-corrected chi connectivity index (χ1v) is 11.3. The Kier molecular flexibility index (Phi) is 5.03. The van der Waals surface area contributed by atoms with Gasteiger partial charge in [0.1, 0.15) is 11.2 Å². The van der Waals surface area contributed by atoms with Crippen molar-refractivity contribution in [3.05, 3.63) is 115 Å². The molecule has 6 aromatic rings. The smallest absolute Gasteiger partial charge is 0.456 e. The van der Waals surface area contributed by atoms with Crippen LogP contribution in [0.2, 0.25) is 0 Å². The van der Waals surface area contributed by atoms with Crippen molar-refractivity contribution in [1.82, 2.24) is 0 Å².